The Morgan fingerprint density at radius 3 is 0.852 bits per heavy atom. The second-order valence-electron chi connectivity index (χ2n) is 8.08. The molecule has 2 aromatic rings. The summed E-state index contributed by atoms with van der Waals surface area (Å²) < 4.78 is 0. The summed E-state index contributed by atoms with van der Waals surface area (Å²) in [7, 11) is 0. The molecular weight excluding hydrogens is 328 g/mol. The summed E-state index contributed by atoms with van der Waals surface area (Å²) in [6.07, 6.45) is 0. The van der Waals surface area contributed by atoms with E-state index in [0.717, 1.165) is 0 Å². The highest BCUT2D eigenvalue weighted by Gasteiger charge is 2.03. The van der Waals surface area contributed by atoms with E-state index < -0.39 is 0 Å². The number of nitrogens with one attached hydrogen (secondary N) is 2. The predicted molar refractivity (Wildman–Crippen MR) is 120 cm³/mol. The van der Waals surface area contributed by atoms with Gasteiger partial charge in [-0.25, -0.2) is 10.8 Å². The van der Waals surface area contributed by atoms with E-state index in [1.54, 1.807) is 0 Å². The maximum atomic E-state index is 5.62. The molecule has 2 nitrogen and oxygen atoms in total. The fourth-order valence-corrected chi connectivity index (χ4v) is 2.55. The van der Waals surface area contributed by atoms with E-state index in [1.165, 1.54) is 28.3 Å². The zero-order valence-electron chi connectivity index (χ0n) is 18.4. The summed E-state index contributed by atoms with van der Waals surface area (Å²) in [4.78, 5) is 0. The highest BCUT2D eigenvalue weighted by Crippen LogP contribution is 2.21. The van der Waals surface area contributed by atoms with Crippen LogP contribution in [0.5, 0.6) is 0 Å². The van der Waals surface area contributed by atoms with Crippen molar-refractivity contribution in [3.05, 3.63) is 70.8 Å². The minimum absolute atomic E-state index is 0.642. The Morgan fingerprint density at radius 1 is 0.519 bits per heavy atom. The van der Waals surface area contributed by atoms with Crippen molar-refractivity contribution in [2.45, 2.75) is 79.1 Å². The van der Waals surface area contributed by atoms with E-state index in [0.29, 0.717) is 23.7 Å². The van der Waals surface area contributed by atoms with Crippen LogP contribution in [0.1, 0.15) is 101 Å². The van der Waals surface area contributed by atoms with Crippen LogP contribution in [0, 0.1) is 10.8 Å². The molecule has 2 N–H and O–H groups in total. The molecule has 0 radical (unpaired) electrons. The molecule has 0 aromatic heterocycles. The Labute approximate surface area is 167 Å². The first-order valence-corrected chi connectivity index (χ1v) is 9.92. The molecule has 2 aromatic carbocycles. The monoisotopic (exact) mass is 366 g/mol. The summed E-state index contributed by atoms with van der Waals surface area (Å²) in [6, 6.07) is 19.0. The highest BCUT2D eigenvalue weighted by atomic mass is 14.4. The van der Waals surface area contributed by atoms with Crippen molar-refractivity contribution >= 4 is 6.01 Å². The van der Waals surface area contributed by atoms with Crippen molar-refractivity contribution < 1.29 is 0 Å². The summed E-state index contributed by atoms with van der Waals surface area (Å²) in [5.41, 5.74) is 5.78. The Morgan fingerprint density at radius 2 is 0.704 bits per heavy atom. The van der Waals surface area contributed by atoms with Crippen molar-refractivity contribution in [2.75, 3.05) is 0 Å². The molecule has 0 aliphatic heterocycles. The lowest BCUT2D eigenvalue weighted by atomic mass is 9.96. The molecule has 0 heterocycles. The van der Waals surface area contributed by atoms with Gasteiger partial charge in [0.25, 0.3) is 0 Å². The summed E-state index contributed by atoms with van der Waals surface area (Å²) in [5, 5.41) is 11.2. The highest BCUT2D eigenvalue weighted by molar-refractivity contribution is 5.29. The Bertz CT molecular complexity index is 589. The minimum Gasteiger partial charge on any atom is -0.242 e. The van der Waals surface area contributed by atoms with Crippen LogP contribution in [0.15, 0.2) is 48.5 Å². The van der Waals surface area contributed by atoms with Crippen LogP contribution in [-0.2, 0) is 0 Å². The van der Waals surface area contributed by atoms with Crippen LogP contribution in [-0.4, -0.2) is 6.01 Å². The number of rotatable bonds is 4. The molecule has 27 heavy (non-hydrogen) atoms. The third-order valence-electron chi connectivity index (χ3n) is 4.49. The van der Waals surface area contributed by atoms with Crippen LogP contribution >= 0.6 is 0 Å². The van der Waals surface area contributed by atoms with Crippen molar-refractivity contribution in [3.63, 3.8) is 0 Å². The van der Waals surface area contributed by atoms with Gasteiger partial charge in [0.1, 0.15) is 0 Å². The largest absolute Gasteiger partial charge is 0.242 e. The molecule has 2 rings (SSSR count). The lowest BCUT2D eigenvalue weighted by Crippen LogP contribution is -1.91. The summed E-state index contributed by atoms with van der Waals surface area (Å²) in [5.74, 6) is 2.57. The normalized spacial score (nSPS) is 10.2. The van der Waals surface area contributed by atoms with E-state index in [2.05, 4.69) is 104 Å². The topological polar surface area (TPSA) is 47.7 Å². The lowest BCUT2D eigenvalue weighted by Gasteiger charge is -2.09. The molecule has 0 aliphatic rings. The van der Waals surface area contributed by atoms with Gasteiger partial charge < -0.3 is 0 Å². The van der Waals surface area contributed by atoms with Crippen LogP contribution in [0.4, 0.5) is 0 Å². The Balaban J connectivity index is 0.000000438. The fraction of sp³-hybridized carbons (Fsp3) is 0.480. The van der Waals surface area contributed by atoms with Gasteiger partial charge in [-0.05, 0) is 45.9 Å². The van der Waals surface area contributed by atoms with Crippen LogP contribution in [0.3, 0.4) is 0 Å². The number of benzene rings is 2. The first kappa shape index (κ1) is 24.8. The quantitative estimate of drug-likeness (QED) is 0.512. The molecule has 0 bridgehead atoms. The van der Waals surface area contributed by atoms with E-state index in [-0.39, 0.29) is 0 Å². The molecule has 0 fully saturated rings. The zero-order chi connectivity index (χ0) is 21.0. The van der Waals surface area contributed by atoms with Crippen molar-refractivity contribution in [2.24, 2.45) is 0 Å². The SMILES string of the molecule is CC(C)c1cccc(C(C)C)c1.CC(C)c1cccc(C(C)C)c1.N=C=N. The summed E-state index contributed by atoms with van der Waals surface area (Å²) >= 11 is 0. The van der Waals surface area contributed by atoms with Crippen LogP contribution in [0.2, 0.25) is 0 Å². The van der Waals surface area contributed by atoms with Gasteiger partial charge in [0.05, 0.1) is 6.01 Å². The number of hydrogen-bond acceptors (Lipinski definition) is 2. The zero-order valence-corrected chi connectivity index (χ0v) is 18.4. The van der Waals surface area contributed by atoms with E-state index in [4.69, 9.17) is 10.8 Å². The van der Waals surface area contributed by atoms with Gasteiger partial charge in [-0.2, -0.15) is 0 Å². The molecule has 0 unspecified atom stereocenters. The van der Waals surface area contributed by atoms with Gasteiger partial charge in [0.15, 0.2) is 0 Å². The molecule has 0 atom stereocenters. The lowest BCUT2D eigenvalue weighted by molar-refractivity contribution is 0.834. The van der Waals surface area contributed by atoms with Crippen LogP contribution < -0.4 is 0 Å². The van der Waals surface area contributed by atoms with Gasteiger partial charge in [0.2, 0.25) is 0 Å². The van der Waals surface area contributed by atoms with E-state index >= 15 is 0 Å². The van der Waals surface area contributed by atoms with Gasteiger partial charge in [-0.15, -0.1) is 0 Å². The molecular formula is C25H38N2. The van der Waals surface area contributed by atoms with Crippen molar-refractivity contribution in [1.29, 1.82) is 10.8 Å². The molecule has 0 saturated heterocycles. The first-order chi connectivity index (χ1) is 12.6. The first-order valence-electron chi connectivity index (χ1n) is 9.92. The molecule has 0 spiro atoms. The summed E-state index contributed by atoms with van der Waals surface area (Å²) in [6.45, 7) is 17.9. The van der Waals surface area contributed by atoms with Gasteiger partial charge in [0, 0.05) is 0 Å². The van der Waals surface area contributed by atoms with Gasteiger partial charge in [-0.3, -0.25) is 0 Å². The minimum atomic E-state index is 0.642. The standard InChI is InChI=1S/2C12H18.CH2N2/c2*1-9(2)11-6-5-7-12(8-11)10(3)4;2-1-3/h2*5-10H,1-4H3;2-3H. The molecule has 0 aliphatic carbocycles. The third kappa shape index (κ3) is 9.92. The van der Waals surface area contributed by atoms with E-state index in [1.807, 2.05) is 0 Å². The van der Waals surface area contributed by atoms with Gasteiger partial charge in [-0.1, -0.05) is 104 Å². The van der Waals surface area contributed by atoms with Crippen molar-refractivity contribution in [1.82, 2.24) is 0 Å². The maximum Gasteiger partial charge on any atom is 0.0831 e. The number of hydrogen-bond donors (Lipinski definition) is 2. The fourth-order valence-electron chi connectivity index (χ4n) is 2.55. The third-order valence-corrected chi connectivity index (χ3v) is 4.49. The Kier molecular flexibility index (Phi) is 12.0. The Hall–Kier alpha value is -2.18. The molecule has 0 saturated carbocycles. The second kappa shape index (κ2) is 13.1. The molecule has 0 amide bonds. The maximum absolute atomic E-state index is 5.62. The molecule has 2 heteroatoms. The average Bonchev–Trinajstić information content (AvgIpc) is 2.63. The molecule has 148 valence electrons. The second-order valence-corrected chi connectivity index (χ2v) is 8.08. The predicted octanol–water partition coefficient (Wildman–Crippen LogP) is 8.18. The smallest absolute Gasteiger partial charge is 0.0831 e. The van der Waals surface area contributed by atoms with Gasteiger partial charge >= 0.3 is 0 Å². The van der Waals surface area contributed by atoms with Crippen molar-refractivity contribution in [3.8, 4) is 0 Å². The van der Waals surface area contributed by atoms with E-state index in [9.17, 15) is 0 Å². The van der Waals surface area contributed by atoms with Crippen LogP contribution in [0.25, 0.3) is 0 Å². The average molecular weight is 367 g/mol.